The highest BCUT2D eigenvalue weighted by atomic mass is 16.5. The van der Waals surface area contributed by atoms with E-state index in [0.29, 0.717) is 12.3 Å². The summed E-state index contributed by atoms with van der Waals surface area (Å²) in [6.45, 7) is 6.64. The number of rotatable bonds is 3. The third kappa shape index (κ3) is 3.24. The number of aromatic nitrogens is 3. The van der Waals surface area contributed by atoms with E-state index in [1.54, 1.807) is 10.7 Å². The summed E-state index contributed by atoms with van der Waals surface area (Å²) in [7, 11) is 1.88. The summed E-state index contributed by atoms with van der Waals surface area (Å²) in [4.78, 5) is 4.51. The molecule has 0 bridgehead atoms. The highest BCUT2D eigenvalue weighted by molar-refractivity contribution is 5.43. The predicted octanol–water partition coefficient (Wildman–Crippen LogP) is 2.27. The molecule has 0 saturated carbocycles. The highest BCUT2D eigenvalue weighted by Crippen LogP contribution is 2.19. The fourth-order valence-corrected chi connectivity index (χ4v) is 1.61. The summed E-state index contributed by atoms with van der Waals surface area (Å²) in [6, 6.07) is 7.35. The highest BCUT2D eigenvalue weighted by Gasteiger charge is 2.20. The lowest BCUT2D eigenvalue weighted by molar-refractivity contribution is 0.290. The van der Waals surface area contributed by atoms with Gasteiger partial charge in [0.05, 0.1) is 0 Å². The molecule has 0 saturated heterocycles. The lowest BCUT2D eigenvalue weighted by atomic mass is 9.96. The van der Waals surface area contributed by atoms with Crippen molar-refractivity contribution in [1.29, 1.82) is 0 Å². The fraction of sp³-hybridized carbons (Fsp3) is 0.429. The van der Waals surface area contributed by atoms with Gasteiger partial charge in [0.2, 0.25) is 0 Å². The molecule has 5 heteroatoms. The molecule has 0 amide bonds. The van der Waals surface area contributed by atoms with Gasteiger partial charge in [0, 0.05) is 24.2 Å². The largest absolute Gasteiger partial charge is 0.486 e. The van der Waals surface area contributed by atoms with Gasteiger partial charge in [-0.2, -0.15) is 5.10 Å². The maximum absolute atomic E-state index is 5.71. The van der Waals surface area contributed by atoms with Crippen LogP contribution in [0.5, 0.6) is 5.75 Å². The van der Waals surface area contributed by atoms with Crippen LogP contribution in [0.3, 0.4) is 0 Å². The molecule has 19 heavy (non-hydrogen) atoms. The van der Waals surface area contributed by atoms with E-state index in [9.17, 15) is 0 Å². The normalized spacial score (nSPS) is 11.6. The first kappa shape index (κ1) is 13.4. The van der Waals surface area contributed by atoms with Gasteiger partial charge in [-0.25, -0.2) is 9.67 Å². The second-order valence-electron chi connectivity index (χ2n) is 5.59. The predicted molar refractivity (Wildman–Crippen MR) is 74.9 cm³/mol. The number of hydrogen-bond donors (Lipinski definition) is 1. The van der Waals surface area contributed by atoms with Gasteiger partial charge in [0.1, 0.15) is 12.4 Å². The molecule has 2 rings (SSSR count). The van der Waals surface area contributed by atoms with Crippen molar-refractivity contribution in [2.24, 2.45) is 7.05 Å². The van der Waals surface area contributed by atoms with Gasteiger partial charge in [-0.3, -0.25) is 0 Å². The van der Waals surface area contributed by atoms with Crippen molar-refractivity contribution in [3.8, 4) is 5.75 Å². The summed E-state index contributed by atoms with van der Waals surface area (Å²) in [5, 5.41) is 4.41. The molecule has 0 aliphatic carbocycles. The lowest BCUT2D eigenvalue weighted by Crippen LogP contribution is -2.13. The van der Waals surface area contributed by atoms with Crippen molar-refractivity contribution in [2.45, 2.75) is 32.8 Å². The Morgan fingerprint density at radius 2 is 2.05 bits per heavy atom. The van der Waals surface area contributed by atoms with Crippen LogP contribution in [0, 0.1) is 0 Å². The molecule has 0 unspecified atom stereocenters. The molecule has 0 aliphatic heterocycles. The van der Waals surface area contributed by atoms with Crippen LogP contribution in [0.4, 0.5) is 5.69 Å². The van der Waals surface area contributed by atoms with Gasteiger partial charge in [-0.15, -0.1) is 0 Å². The van der Waals surface area contributed by atoms with E-state index in [1.165, 1.54) is 0 Å². The van der Waals surface area contributed by atoms with Gasteiger partial charge >= 0.3 is 0 Å². The molecule has 102 valence electrons. The maximum atomic E-state index is 5.71. The average molecular weight is 260 g/mol. The van der Waals surface area contributed by atoms with E-state index >= 15 is 0 Å². The monoisotopic (exact) mass is 260 g/mol. The molecule has 0 aliphatic rings. The van der Waals surface area contributed by atoms with E-state index in [0.717, 1.165) is 17.4 Å². The quantitative estimate of drug-likeness (QED) is 0.860. The van der Waals surface area contributed by atoms with Crippen molar-refractivity contribution in [3.05, 3.63) is 35.9 Å². The van der Waals surface area contributed by atoms with Crippen LogP contribution in [0.15, 0.2) is 24.3 Å². The number of nitrogens with zero attached hydrogens (tertiary/aromatic N) is 3. The van der Waals surface area contributed by atoms with Gasteiger partial charge in [-0.05, 0) is 12.1 Å². The third-order valence-corrected chi connectivity index (χ3v) is 2.75. The van der Waals surface area contributed by atoms with Crippen LogP contribution in [0.1, 0.15) is 32.4 Å². The van der Waals surface area contributed by atoms with Crippen LogP contribution in [0.2, 0.25) is 0 Å². The van der Waals surface area contributed by atoms with E-state index in [1.807, 2.05) is 25.2 Å². The van der Waals surface area contributed by atoms with E-state index < -0.39 is 0 Å². The molecule has 1 heterocycles. The Morgan fingerprint density at radius 3 is 2.63 bits per heavy atom. The molecule has 0 radical (unpaired) electrons. The smallest absolute Gasteiger partial charge is 0.164 e. The van der Waals surface area contributed by atoms with Crippen molar-refractivity contribution in [1.82, 2.24) is 14.8 Å². The Kier molecular flexibility index (Phi) is 3.46. The fourth-order valence-electron chi connectivity index (χ4n) is 1.61. The molecule has 1 aromatic heterocycles. The summed E-state index contributed by atoms with van der Waals surface area (Å²) < 4.78 is 7.43. The number of nitrogens with two attached hydrogens (primary N) is 1. The summed E-state index contributed by atoms with van der Waals surface area (Å²) in [6.07, 6.45) is 0. The van der Waals surface area contributed by atoms with Crippen LogP contribution in [-0.2, 0) is 19.1 Å². The van der Waals surface area contributed by atoms with E-state index in [-0.39, 0.29) is 5.41 Å². The van der Waals surface area contributed by atoms with Gasteiger partial charge < -0.3 is 10.5 Å². The zero-order valence-electron chi connectivity index (χ0n) is 11.8. The Bertz CT molecular complexity index is 569. The maximum Gasteiger partial charge on any atom is 0.164 e. The molecule has 2 N–H and O–H groups in total. The van der Waals surface area contributed by atoms with E-state index in [2.05, 4.69) is 30.9 Å². The zero-order valence-corrected chi connectivity index (χ0v) is 11.8. The lowest BCUT2D eigenvalue weighted by Gasteiger charge is -2.12. The molecule has 2 aromatic rings. The minimum Gasteiger partial charge on any atom is -0.486 e. The zero-order chi connectivity index (χ0) is 14.0. The second kappa shape index (κ2) is 4.91. The average Bonchev–Trinajstić information content (AvgIpc) is 2.68. The number of ether oxygens (including phenoxy) is 1. The minimum absolute atomic E-state index is 0.0623. The summed E-state index contributed by atoms with van der Waals surface area (Å²) in [5.74, 6) is 2.36. The number of aryl methyl sites for hydroxylation is 1. The first-order valence-corrected chi connectivity index (χ1v) is 6.25. The molecular weight excluding hydrogens is 240 g/mol. The summed E-state index contributed by atoms with van der Waals surface area (Å²) in [5.41, 5.74) is 6.33. The Morgan fingerprint density at radius 1 is 1.32 bits per heavy atom. The number of benzene rings is 1. The number of anilines is 1. The Hall–Kier alpha value is -2.04. The van der Waals surface area contributed by atoms with Gasteiger partial charge in [0.15, 0.2) is 11.6 Å². The third-order valence-electron chi connectivity index (χ3n) is 2.75. The minimum atomic E-state index is -0.0623. The van der Waals surface area contributed by atoms with Crippen molar-refractivity contribution in [3.63, 3.8) is 0 Å². The molecular formula is C14H20N4O. The molecule has 5 nitrogen and oxygen atoms in total. The molecule has 1 aromatic carbocycles. The Balaban J connectivity index is 2.10. The van der Waals surface area contributed by atoms with Crippen LogP contribution >= 0.6 is 0 Å². The van der Waals surface area contributed by atoms with Crippen molar-refractivity contribution in [2.75, 3.05) is 5.73 Å². The van der Waals surface area contributed by atoms with Crippen LogP contribution in [-0.4, -0.2) is 14.8 Å². The Labute approximate surface area is 113 Å². The molecule has 0 fully saturated rings. The van der Waals surface area contributed by atoms with Gasteiger partial charge in [0.25, 0.3) is 0 Å². The standard InChI is InChI=1S/C14H20N4O/c1-14(2,3)13-16-12(18(4)17-13)9-19-11-7-5-6-10(15)8-11/h5-8H,9,15H2,1-4H3. The molecule has 0 spiro atoms. The van der Waals surface area contributed by atoms with E-state index in [4.69, 9.17) is 10.5 Å². The first-order chi connectivity index (χ1) is 8.86. The number of nitrogen functional groups attached to an aromatic ring is 1. The van der Waals surface area contributed by atoms with Crippen molar-refractivity contribution < 1.29 is 4.74 Å². The van der Waals surface area contributed by atoms with Crippen molar-refractivity contribution >= 4 is 5.69 Å². The second-order valence-corrected chi connectivity index (χ2v) is 5.59. The van der Waals surface area contributed by atoms with Crippen LogP contribution < -0.4 is 10.5 Å². The van der Waals surface area contributed by atoms with Gasteiger partial charge in [-0.1, -0.05) is 26.8 Å². The molecule has 0 atom stereocenters. The first-order valence-electron chi connectivity index (χ1n) is 6.25. The topological polar surface area (TPSA) is 66.0 Å². The van der Waals surface area contributed by atoms with Crippen LogP contribution in [0.25, 0.3) is 0 Å². The summed E-state index contributed by atoms with van der Waals surface area (Å²) >= 11 is 0. The number of hydrogen-bond acceptors (Lipinski definition) is 4. The SMILES string of the molecule is Cn1nc(C(C)(C)C)nc1COc1cccc(N)c1.